The van der Waals surface area contributed by atoms with Gasteiger partial charge < -0.3 is 10.4 Å². The SMILES string of the molecule is O=C(Nc1ccc(Cl)c([N+](=O)[O-])c1)c1nn(-c2ccc(Br)cc2)c(=O)cc1O. The Morgan fingerprint density at radius 1 is 1.21 bits per heavy atom. The Balaban J connectivity index is 1.97. The number of hydrogen-bond acceptors (Lipinski definition) is 6. The summed E-state index contributed by atoms with van der Waals surface area (Å²) < 4.78 is 1.73. The van der Waals surface area contributed by atoms with Crippen molar-refractivity contribution in [3.05, 3.63) is 84.2 Å². The highest BCUT2D eigenvalue weighted by Crippen LogP contribution is 2.28. The van der Waals surface area contributed by atoms with Crippen LogP contribution in [0.25, 0.3) is 5.69 Å². The Morgan fingerprint density at radius 3 is 2.54 bits per heavy atom. The summed E-state index contributed by atoms with van der Waals surface area (Å²) in [5.41, 5.74) is -1.01. The van der Waals surface area contributed by atoms with E-state index >= 15 is 0 Å². The van der Waals surface area contributed by atoms with E-state index in [2.05, 4.69) is 26.3 Å². The highest BCUT2D eigenvalue weighted by Gasteiger charge is 2.19. The fourth-order valence-electron chi connectivity index (χ4n) is 2.30. The second kappa shape index (κ2) is 7.79. The number of nitro groups is 1. The van der Waals surface area contributed by atoms with Gasteiger partial charge in [-0.05, 0) is 36.4 Å². The van der Waals surface area contributed by atoms with E-state index in [1.807, 2.05) is 0 Å². The van der Waals surface area contributed by atoms with E-state index in [-0.39, 0.29) is 10.7 Å². The lowest BCUT2D eigenvalue weighted by Crippen LogP contribution is -2.25. The van der Waals surface area contributed by atoms with Crippen molar-refractivity contribution >= 4 is 44.8 Å². The summed E-state index contributed by atoms with van der Waals surface area (Å²) >= 11 is 9.01. The molecule has 0 saturated heterocycles. The van der Waals surface area contributed by atoms with Gasteiger partial charge in [-0.15, -0.1) is 0 Å². The molecule has 0 saturated carbocycles. The van der Waals surface area contributed by atoms with Crippen molar-refractivity contribution in [1.29, 1.82) is 0 Å². The van der Waals surface area contributed by atoms with Gasteiger partial charge in [0.05, 0.1) is 10.6 Å². The predicted molar refractivity (Wildman–Crippen MR) is 105 cm³/mol. The van der Waals surface area contributed by atoms with E-state index in [1.54, 1.807) is 24.3 Å². The van der Waals surface area contributed by atoms with Gasteiger partial charge in [0.2, 0.25) is 0 Å². The number of benzene rings is 2. The van der Waals surface area contributed by atoms with Gasteiger partial charge >= 0.3 is 0 Å². The smallest absolute Gasteiger partial charge is 0.289 e. The molecule has 11 heteroatoms. The van der Waals surface area contributed by atoms with Gasteiger partial charge in [-0.2, -0.15) is 9.78 Å². The highest BCUT2D eigenvalue weighted by atomic mass is 79.9. The zero-order valence-corrected chi connectivity index (χ0v) is 16.1. The summed E-state index contributed by atoms with van der Waals surface area (Å²) in [6.45, 7) is 0. The summed E-state index contributed by atoms with van der Waals surface area (Å²) in [4.78, 5) is 34.9. The van der Waals surface area contributed by atoms with Gasteiger partial charge in [-0.3, -0.25) is 19.7 Å². The average Bonchev–Trinajstić information content (AvgIpc) is 2.64. The second-order valence-electron chi connectivity index (χ2n) is 5.48. The number of nitrogens with one attached hydrogen (secondary N) is 1. The molecule has 0 aliphatic carbocycles. The van der Waals surface area contributed by atoms with Crippen LogP contribution >= 0.6 is 27.5 Å². The van der Waals surface area contributed by atoms with Gasteiger partial charge in [0.1, 0.15) is 5.02 Å². The Kier molecular flexibility index (Phi) is 5.43. The van der Waals surface area contributed by atoms with E-state index < -0.39 is 33.5 Å². The molecule has 1 heterocycles. The monoisotopic (exact) mass is 464 g/mol. The van der Waals surface area contributed by atoms with Crippen LogP contribution in [0.2, 0.25) is 5.02 Å². The van der Waals surface area contributed by atoms with Crippen LogP contribution in [-0.4, -0.2) is 25.7 Å². The number of rotatable bonds is 4. The number of aromatic hydroxyl groups is 1. The molecular weight excluding hydrogens is 456 g/mol. The maximum Gasteiger partial charge on any atom is 0.289 e. The first-order chi connectivity index (χ1) is 13.3. The van der Waals surface area contributed by atoms with Crippen molar-refractivity contribution in [3.63, 3.8) is 0 Å². The van der Waals surface area contributed by atoms with E-state index in [1.165, 1.54) is 12.1 Å². The minimum atomic E-state index is -0.861. The standard InChI is InChI=1S/C17H10BrClN4O5/c18-9-1-4-11(5-2-9)22-15(25)8-14(24)16(21-22)17(26)20-10-3-6-12(19)13(7-10)23(27)28/h1-8,24H,(H,20,26). The Bertz CT molecular complexity index is 1150. The van der Waals surface area contributed by atoms with Crippen LogP contribution < -0.4 is 10.9 Å². The first kappa shape index (κ1) is 19.5. The molecule has 0 aliphatic rings. The lowest BCUT2D eigenvalue weighted by molar-refractivity contribution is -0.384. The van der Waals surface area contributed by atoms with Gasteiger partial charge in [-0.1, -0.05) is 27.5 Å². The lowest BCUT2D eigenvalue weighted by atomic mass is 10.2. The van der Waals surface area contributed by atoms with Gasteiger partial charge in [0, 0.05) is 22.3 Å². The van der Waals surface area contributed by atoms with Crippen molar-refractivity contribution < 1.29 is 14.8 Å². The fraction of sp³-hybridized carbons (Fsp3) is 0. The number of halogens is 2. The molecule has 2 N–H and O–H groups in total. The number of hydrogen-bond donors (Lipinski definition) is 2. The van der Waals surface area contributed by atoms with E-state index in [0.29, 0.717) is 5.69 Å². The summed E-state index contributed by atoms with van der Waals surface area (Å²) in [5, 5.41) is 27.1. The summed E-state index contributed by atoms with van der Waals surface area (Å²) in [5.74, 6) is -1.49. The third kappa shape index (κ3) is 4.02. The zero-order chi connectivity index (χ0) is 20.4. The molecule has 0 atom stereocenters. The lowest BCUT2D eigenvalue weighted by Gasteiger charge is -2.10. The van der Waals surface area contributed by atoms with Crippen molar-refractivity contribution in [1.82, 2.24) is 9.78 Å². The highest BCUT2D eigenvalue weighted by molar-refractivity contribution is 9.10. The van der Waals surface area contributed by atoms with Crippen molar-refractivity contribution in [3.8, 4) is 11.4 Å². The molecule has 2 aromatic carbocycles. The van der Waals surface area contributed by atoms with E-state index in [0.717, 1.165) is 21.3 Å². The Labute approximate surface area is 170 Å². The number of nitrogens with zero attached hydrogens (tertiary/aromatic N) is 3. The summed E-state index contributed by atoms with van der Waals surface area (Å²) in [7, 11) is 0. The molecule has 1 amide bonds. The molecule has 0 radical (unpaired) electrons. The molecule has 1 aromatic heterocycles. The van der Waals surface area contributed by atoms with Crippen LogP contribution in [0.15, 0.2) is 57.8 Å². The molecule has 0 unspecified atom stereocenters. The van der Waals surface area contributed by atoms with Crippen LogP contribution in [0.5, 0.6) is 5.75 Å². The maximum atomic E-state index is 12.5. The van der Waals surface area contributed by atoms with Crippen LogP contribution in [0, 0.1) is 10.1 Å². The van der Waals surface area contributed by atoms with Crippen LogP contribution in [-0.2, 0) is 0 Å². The third-order valence-electron chi connectivity index (χ3n) is 3.60. The summed E-state index contributed by atoms with van der Waals surface area (Å²) in [6, 6.07) is 11.1. The quantitative estimate of drug-likeness (QED) is 0.448. The molecule has 0 aliphatic heterocycles. The first-order valence-electron chi connectivity index (χ1n) is 7.61. The zero-order valence-electron chi connectivity index (χ0n) is 13.8. The summed E-state index contributed by atoms with van der Waals surface area (Å²) in [6.07, 6.45) is 0. The van der Waals surface area contributed by atoms with E-state index in [9.17, 15) is 24.8 Å². The molecule has 0 spiro atoms. The molecule has 0 bridgehead atoms. The fourth-order valence-corrected chi connectivity index (χ4v) is 2.75. The Morgan fingerprint density at radius 2 is 1.89 bits per heavy atom. The number of amides is 1. The number of anilines is 1. The van der Waals surface area contributed by atoms with Crippen LogP contribution in [0.4, 0.5) is 11.4 Å². The largest absolute Gasteiger partial charge is 0.505 e. The molecule has 142 valence electrons. The molecule has 3 rings (SSSR count). The number of carbonyl (C=O) groups is 1. The van der Waals surface area contributed by atoms with E-state index in [4.69, 9.17) is 11.6 Å². The molecule has 9 nitrogen and oxygen atoms in total. The average molecular weight is 466 g/mol. The molecule has 0 fully saturated rings. The van der Waals surface area contributed by atoms with Crippen molar-refractivity contribution in [2.24, 2.45) is 0 Å². The minimum absolute atomic E-state index is 0.0729. The molecule has 28 heavy (non-hydrogen) atoms. The van der Waals surface area contributed by atoms with Gasteiger partial charge in [0.25, 0.3) is 17.2 Å². The third-order valence-corrected chi connectivity index (χ3v) is 4.45. The molecule has 3 aromatic rings. The minimum Gasteiger partial charge on any atom is -0.505 e. The van der Waals surface area contributed by atoms with Gasteiger partial charge in [0.15, 0.2) is 11.4 Å². The number of nitro benzene ring substituents is 1. The normalized spacial score (nSPS) is 10.5. The van der Waals surface area contributed by atoms with Crippen molar-refractivity contribution in [2.45, 2.75) is 0 Å². The number of aromatic nitrogens is 2. The Hall–Kier alpha value is -3.24. The second-order valence-corrected chi connectivity index (χ2v) is 6.80. The van der Waals surface area contributed by atoms with Gasteiger partial charge in [-0.25, -0.2) is 0 Å². The molecular formula is C17H10BrClN4O5. The maximum absolute atomic E-state index is 12.5. The number of carbonyl (C=O) groups excluding carboxylic acids is 1. The van der Waals surface area contributed by atoms with Crippen LogP contribution in [0.1, 0.15) is 10.5 Å². The van der Waals surface area contributed by atoms with Crippen molar-refractivity contribution in [2.75, 3.05) is 5.32 Å². The van der Waals surface area contributed by atoms with Crippen LogP contribution in [0.3, 0.4) is 0 Å². The predicted octanol–water partition coefficient (Wildman–Crippen LogP) is 3.51. The first-order valence-corrected chi connectivity index (χ1v) is 8.78. The topological polar surface area (TPSA) is 127 Å².